The Morgan fingerprint density at radius 2 is 1.71 bits per heavy atom. The largest absolute Gasteiger partial charge is 0.390 e. The molecule has 0 aromatic rings. The number of aliphatic hydroxyl groups excluding tert-OH is 3. The van der Waals surface area contributed by atoms with E-state index in [1.165, 1.54) is 0 Å². The first-order valence-corrected chi connectivity index (χ1v) is 12.9. The van der Waals surface area contributed by atoms with Crippen LogP contribution in [0.5, 0.6) is 0 Å². The molecule has 4 aliphatic carbocycles. The van der Waals surface area contributed by atoms with Crippen LogP contribution in [-0.2, 0) is 4.79 Å². The third kappa shape index (κ3) is 3.73. The van der Waals surface area contributed by atoms with Gasteiger partial charge in [-0.05, 0) is 101 Å². The van der Waals surface area contributed by atoms with Crippen LogP contribution < -0.4 is 0 Å². The summed E-state index contributed by atoms with van der Waals surface area (Å²) in [6, 6.07) is 0. The second kappa shape index (κ2) is 8.09. The Hall–Kier alpha value is -0.830. The lowest BCUT2D eigenvalue weighted by Gasteiger charge is -2.60. The van der Waals surface area contributed by atoms with E-state index in [4.69, 9.17) is 0 Å². The van der Waals surface area contributed by atoms with Gasteiger partial charge in [0.25, 0.3) is 0 Å². The number of hydrogen-bond donors (Lipinski definition) is 6. The maximum absolute atomic E-state index is 13.2. The normalized spacial score (nSPS) is 47.2. The average molecular weight is 481 g/mol. The van der Waals surface area contributed by atoms with Crippen molar-refractivity contribution in [3.05, 3.63) is 11.6 Å². The maximum Gasteiger partial charge on any atom is 0.159 e. The molecule has 3 saturated carbocycles. The van der Waals surface area contributed by atoms with Gasteiger partial charge in [0.15, 0.2) is 5.78 Å². The molecule has 0 amide bonds. The summed E-state index contributed by atoms with van der Waals surface area (Å²) in [5, 5.41) is 65.5. The highest BCUT2D eigenvalue weighted by Crippen LogP contribution is 2.68. The smallest absolute Gasteiger partial charge is 0.159 e. The van der Waals surface area contributed by atoms with Crippen LogP contribution in [0.4, 0.5) is 0 Å². The van der Waals surface area contributed by atoms with E-state index in [0.29, 0.717) is 44.1 Å². The van der Waals surface area contributed by atoms with Crippen molar-refractivity contribution in [1.82, 2.24) is 0 Å². The van der Waals surface area contributed by atoms with Crippen molar-refractivity contribution in [3.8, 4) is 0 Å². The molecule has 0 bridgehead atoms. The highest BCUT2D eigenvalue weighted by molar-refractivity contribution is 5.95. The summed E-state index contributed by atoms with van der Waals surface area (Å²) in [6.07, 6.45) is 2.11. The van der Waals surface area contributed by atoms with E-state index < -0.39 is 45.9 Å². The van der Waals surface area contributed by atoms with Gasteiger partial charge in [-0.1, -0.05) is 13.8 Å². The van der Waals surface area contributed by atoms with Crippen LogP contribution >= 0.6 is 0 Å². The van der Waals surface area contributed by atoms with Crippen molar-refractivity contribution in [2.24, 2.45) is 28.6 Å². The number of aliphatic hydroxyl groups is 6. The third-order valence-corrected chi connectivity index (χ3v) is 10.5. The molecule has 0 heterocycles. The predicted octanol–water partition coefficient (Wildman–Crippen LogP) is 1.85. The fraction of sp³-hybridized carbons (Fsp3) is 0.889. The first-order valence-electron chi connectivity index (χ1n) is 12.9. The molecule has 0 unspecified atom stereocenters. The maximum atomic E-state index is 13.2. The van der Waals surface area contributed by atoms with Crippen molar-refractivity contribution in [1.29, 1.82) is 0 Å². The fourth-order valence-electron chi connectivity index (χ4n) is 8.32. The average Bonchev–Trinajstić information content (AvgIpc) is 3.00. The molecule has 0 aliphatic heterocycles. The van der Waals surface area contributed by atoms with Crippen LogP contribution in [0, 0.1) is 28.6 Å². The summed E-state index contributed by atoms with van der Waals surface area (Å²) in [5.41, 5.74) is -4.27. The van der Waals surface area contributed by atoms with E-state index >= 15 is 0 Å². The molecule has 4 rings (SSSR count). The SMILES string of the molecule is CC(C)(O)CC[C@@H](O)[C@](C)(O)[C@H]1CC[C@@]2(O)C3=CC(=O)[C@H]4C[C@@H](O)[C@@H](O)C[C@]4(C)[C@H]3CC[C@]12C. The molecule has 0 aromatic carbocycles. The van der Waals surface area contributed by atoms with E-state index in [-0.39, 0.29) is 36.4 Å². The van der Waals surface area contributed by atoms with Gasteiger partial charge in [-0.3, -0.25) is 4.79 Å². The minimum atomic E-state index is -1.46. The van der Waals surface area contributed by atoms with Gasteiger partial charge in [-0.25, -0.2) is 0 Å². The second-order valence-corrected chi connectivity index (χ2v) is 13.2. The van der Waals surface area contributed by atoms with Crippen LogP contribution in [0.3, 0.4) is 0 Å². The van der Waals surface area contributed by atoms with E-state index in [2.05, 4.69) is 0 Å². The Bertz CT molecular complexity index is 860. The topological polar surface area (TPSA) is 138 Å². The fourth-order valence-corrected chi connectivity index (χ4v) is 8.32. The number of carbonyl (C=O) groups is 1. The van der Waals surface area contributed by atoms with E-state index in [0.717, 1.165) is 0 Å². The number of carbonyl (C=O) groups excluding carboxylic acids is 1. The van der Waals surface area contributed by atoms with Gasteiger partial charge in [0.05, 0.1) is 35.1 Å². The van der Waals surface area contributed by atoms with Crippen molar-refractivity contribution in [3.63, 3.8) is 0 Å². The molecule has 7 heteroatoms. The molecule has 3 fully saturated rings. The number of allylic oxidation sites excluding steroid dienone is 1. The van der Waals surface area contributed by atoms with Crippen LogP contribution in [0.15, 0.2) is 11.6 Å². The van der Waals surface area contributed by atoms with Gasteiger partial charge in [-0.2, -0.15) is 0 Å². The van der Waals surface area contributed by atoms with Crippen LogP contribution in [0.2, 0.25) is 0 Å². The van der Waals surface area contributed by atoms with Gasteiger partial charge in [0.1, 0.15) is 0 Å². The summed E-state index contributed by atoms with van der Waals surface area (Å²) in [4.78, 5) is 13.2. The van der Waals surface area contributed by atoms with E-state index in [1.807, 2.05) is 13.8 Å². The van der Waals surface area contributed by atoms with Crippen molar-refractivity contribution in [2.45, 2.75) is 121 Å². The first-order chi connectivity index (χ1) is 15.5. The molecule has 0 aromatic heterocycles. The molecule has 0 spiro atoms. The molecule has 6 N–H and O–H groups in total. The zero-order valence-corrected chi connectivity index (χ0v) is 21.3. The minimum absolute atomic E-state index is 0.0840. The molecular formula is C27H44O7. The lowest BCUT2D eigenvalue weighted by atomic mass is 9.45. The molecule has 0 saturated heterocycles. The Kier molecular flexibility index (Phi) is 6.24. The molecule has 194 valence electrons. The Morgan fingerprint density at radius 1 is 1.06 bits per heavy atom. The number of hydrogen-bond acceptors (Lipinski definition) is 7. The van der Waals surface area contributed by atoms with Crippen molar-refractivity contribution in [2.75, 3.05) is 0 Å². The summed E-state index contributed by atoms with van der Waals surface area (Å²) >= 11 is 0. The third-order valence-electron chi connectivity index (χ3n) is 10.5. The van der Waals surface area contributed by atoms with E-state index in [9.17, 15) is 35.4 Å². The monoisotopic (exact) mass is 480 g/mol. The quantitative estimate of drug-likeness (QED) is 0.353. The summed E-state index contributed by atoms with van der Waals surface area (Å²) in [5.74, 6) is -0.948. The van der Waals surface area contributed by atoms with Gasteiger partial charge in [0.2, 0.25) is 0 Å². The second-order valence-electron chi connectivity index (χ2n) is 13.2. The molecule has 4 aliphatic rings. The van der Waals surface area contributed by atoms with Crippen LogP contribution in [0.25, 0.3) is 0 Å². The molecular weight excluding hydrogens is 436 g/mol. The van der Waals surface area contributed by atoms with Gasteiger partial charge < -0.3 is 30.6 Å². The Labute approximate surface area is 202 Å². The van der Waals surface area contributed by atoms with Crippen LogP contribution in [0.1, 0.15) is 86.0 Å². The van der Waals surface area contributed by atoms with Crippen molar-refractivity contribution < 1.29 is 35.4 Å². The van der Waals surface area contributed by atoms with Gasteiger partial charge in [0, 0.05) is 11.3 Å². The molecule has 34 heavy (non-hydrogen) atoms. The standard InChI is InChI=1S/C27H44O7/c1-23(2,32)9-8-22(31)26(5,33)21-7-11-27(34)16-12-18(28)17-13-19(29)20(30)14-24(17,3)15(16)6-10-25(21,27)4/h12,15,17,19-22,29-34H,6-11,13-14H2,1-5H3/t15-,17+,19+,20-,21-,22+,24+,25+,26+,27+/m0/s1. The summed E-state index contributed by atoms with van der Waals surface area (Å²) in [6.45, 7) is 8.96. The lowest BCUT2D eigenvalue weighted by molar-refractivity contribution is -0.177. The van der Waals surface area contributed by atoms with Crippen LogP contribution in [-0.4, -0.2) is 71.5 Å². The molecule has 0 radical (unpaired) electrons. The van der Waals surface area contributed by atoms with Crippen molar-refractivity contribution >= 4 is 5.78 Å². The summed E-state index contributed by atoms with van der Waals surface area (Å²) in [7, 11) is 0. The number of fused-ring (bicyclic) bond motifs is 5. The number of rotatable bonds is 5. The minimum Gasteiger partial charge on any atom is -0.390 e. The highest BCUT2D eigenvalue weighted by Gasteiger charge is 2.69. The highest BCUT2D eigenvalue weighted by atomic mass is 16.3. The van der Waals surface area contributed by atoms with E-state index in [1.54, 1.807) is 26.8 Å². The zero-order valence-electron chi connectivity index (χ0n) is 21.3. The molecule has 10 atom stereocenters. The molecule has 7 nitrogen and oxygen atoms in total. The number of ketones is 1. The first kappa shape index (κ1) is 26.2. The Balaban J connectivity index is 1.66. The lowest BCUT2D eigenvalue weighted by Crippen LogP contribution is -2.62. The zero-order chi connectivity index (χ0) is 25.5. The van der Waals surface area contributed by atoms with Gasteiger partial charge in [-0.15, -0.1) is 0 Å². The van der Waals surface area contributed by atoms with Gasteiger partial charge >= 0.3 is 0 Å². The summed E-state index contributed by atoms with van der Waals surface area (Å²) < 4.78 is 0. The predicted molar refractivity (Wildman–Crippen MR) is 127 cm³/mol. The Morgan fingerprint density at radius 3 is 2.32 bits per heavy atom.